The van der Waals surface area contributed by atoms with E-state index in [4.69, 9.17) is 16.2 Å². The molecule has 1 aromatic heterocycles. The van der Waals surface area contributed by atoms with E-state index in [1.54, 1.807) is 4.90 Å². The number of hydrogen-bond acceptors (Lipinski definition) is 7. The fourth-order valence-corrected chi connectivity index (χ4v) is 3.69. The van der Waals surface area contributed by atoms with Gasteiger partial charge < -0.3 is 26.4 Å². The molecule has 12 heteroatoms. The van der Waals surface area contributed by atoms with Crippen LogP contribution in [0.15, 0.2) is 45.3 Å². The van der Waals surface area contributed by atoms with Crippen LogP contribution in [0.2, 0.25) is 0 Å². The number of hydrogen-bond donors (Lipinski definition) is 3. The highest BCUT2D eigenvalue weighted by atomic mass is 19.4. The van der Waals surface area contributed by atoms with Crippen LogP contribution in [0.5, 0.6) is 0 Å². The minimum absolute atomic E-state index is 0.00109. The van der Waals surface area contributed by atoms with Gasteiger partial charge in [0.25, 0.3) is 0 Å². The molecule has 1 aromatic rings. The Balaban J connectivity index is 1.90. The van der Waals surface area contributed by atoms with Crippen LogP contribution in [-0.4, -0.2) is 73.4 Å². The lowest BCUT2D eigenvalue weighted by molar-refractivity contribution is -0.128. The van der Waals surface area contributed by atoms with Crippen molar-refractivity contribution in [2.24, 2.45) is 21.5 Å². The molecular formula is C22H28F3N7O2. The lowest BCUT2D eigenvalue weighted by atomic mass is 10.0. The first-order chi connectivity index (χ1) is 16.1. The van der Waals surface area contributed by atoms with Crippen molar-refractivity contribution in [2.75, 3.05) is 33.4 Å². The van der Waals surface area contributed by atoms with Gasteiger partial charge in [-0.15, -0.1) is 0 Å². The number of carbonyl (C=O) groups is 1. The number of amides is 1. The molecule has 0 bridgehead atoms. The van der Waals surface area contributed by atoms with E-state index in [-0.39, 0.29) is 29.1 Å². The third-order valence-corrected chi connectivity index (χ3v) is 5.53. The van der Waals surface area contributed by atoms with E-state index < -0.39 is 11.9 Å². The van der Waals surface area contributed by atoms with Crippen LogP contribution >= 0.6 is 0 Å². The number of ether oxygens (including phenoxy) is 1. The van der Waals surface area contributed by atoms with Crippen LogP contribution in [0.25, 0.3) is 5.57 Å². The molecule has 0 aromatic carbocycles. The zero-order chi connectivity index (χ0) is 24.9. The average molecular weight is 480 g/mol. The molecule has 0 aliphatic carbocycles. The Morgan fingerprint density at radius 3 is 2.68 bits per heavy atom. The van der Waals surface area contributed by atoms with E-state index >= 15 is 0 Å². The molecule has 1 unspecified atom stereocenters. The van der Waals surface area contributed by atoms with E-state index in [9.17, 15) is 18.0 Å². The molecule has 34 heavy (non-hydrogen) atoms. The molecule has 0 radical (unpaired) electrons. The third kappa shape index (κ3) is 6.13. The minimum atomic E-state index is -4.72. The summed E-state index contributed by atoms with van der Waals surface area (Å²) in [4.78, 5) is 25.7. The maximum absolute atomic E-state index is 13.1. The normalized spacial score (nSPS) is 20.7. The molecule has 0 saturated carbocycles. The summed E-state index contributed by atoms with van der Waals surface area (Å²) in [6.45, 7) is 3.63. The Hall–Kier alpha value is -3.41. The van der Waals surface area contributed by atoms with Crippen LogP contribution < -0.4 is 16.8 Å². The molecule has 1 saturated heterocycles. The fraction of sp³-hybridized carbons (Fsp3) is 0.455. The van der Waals surface area contributed by atoms with Crippen LogP contribution in [0.1, 0.15) is 25.5 Å². The van der Waals surface area contributed by atoms with E-state index in [1.165, 1.54) is 32.3 Å². The first kappa shape index (κ1) is 25.2. The number of aromatic nitrogens is 1. The topological polar surface area (TPSA) is 131 Å². The fourth-order valence-electron chi connectivity index (χ4n) is 3.69. The van der Waals surface area contributed by atoms with Crippen molar-refractivity contribution >= 4 is 29.2 Å². The summed E-state index contributed by atoms with van der Waals surface area (Å²) in [5, 5.41) is 3.46. The number of rotatable bonds is 6. The second-order valence-corrected chi connectivity index (χ2v) is 7.96. The van der Waals surface area contributed by atoms with Gasteiger partial charge >= 0.3 is 6.18 Å². The van der Waals surface area contributed by atoms with Crippen molar-refractivity contribution in [1.82, 2.24) is 15.2 Å². The highest BCUT2D eigenvalue weighted by Crippen LogP contribution is 2.28. The molecule has 2 aliphatic heterocycles. The maximum atomic E-state index is 13.1. The highest BCUT2D eigenvalue weighted by molar-refractivity contribution is 6.10. The number of nitrogens with zero attached hydrogens (tertiary/aromatic N) is 4. The quantitative estimate of drug-likeness (QED) is 0.422. The molecule has 2 aliphatic rings. The van der Waals surface area contributed by atoms with Gasteiger partial charge in [0.05, 0.1) is 36.8 Å². The third-order valence-electron chi connectivity index (χ3n) is 5.53. The first-order valence-corrected chi connectivity index (χ1v) is 10.7. The van der Waals surface area contributed by atoms with Crippen LogP contribution in [0.4, 0.5) is 18.9 Å². The second-order valence-electron chi connectivity index (χ2n) is 7.96. The number of amidine groups is 1. The zero-order valence-electron chi connectivity index (χ0n) is 19.0. The van der Waals surface area contributed by atoms with Crippen molar-refractivity contribution in [3.05, 3.63) is 41.0 Å². The molecular weight excluding hydrogens is 451 g/mol. The van der Waals surface area contributed by atoms with Gasteiger partial charge in [0.1, 0.15) is 11.5 Å². The standard InChI is InChI=1S/C22H28F3N7O2/c1-13(33)32-7-5-19(30-15-6-8-34-12-15)17(11-32)21(27)31-14-3-4-18(29-9-14)16(10-28-2)20(26)22(23,24)25/h3-4,9-10,15,30H,5-8,11-12,26H2,1-2H3,(H2,27,31). The predicted molar refractivity (Wildman–Crippen MR) is 123 cm³/mol. The predicted octanol–water partition coefficient (Wildman–Crippen LogP) is 1.89. The van der Waals surface area contributed by atoms with Crippen molar-refractivity contribution in [2.45, 2.75) is 32.0 Å². The Bertz CT molecular complexity index is 1020. The summed E-state index contributed by atoms with van der Waals surface area (Å²) < 4.78 is 44.7. The number of alkyl halides is 3. The van der Waals surface area contributed by atoms with Crippen molar-refractivity contribution in [1.29, 1.82) is 0 Å². The summed E-state index contributed by atoms with van der Waals surface area (Å²) in [6, 6.07) is 3.02. The number of nitrogens with one attached hydrogen (secondary N) is 1. The summed E-state index contributed by atoms with van der Waals surface area (Å²) >= 11 is 0. The number of carbonyl (C=O) groups excluding carboxylic acids is 1. The van der Waals surface area contributed by atoms with Gasteiger partial charge in [0.2, 0.25) is 5.91 Å². The van der Waals surface area contributed by atoms with Gasteiger partial charge in [-0.3, -0.25) is 14.8 Å². The SMILES string of the molecule is CN=CC(=C(N)C(F)(F)F)c1ccc(N=C(N)C2=C(NC3CCOC3)CCN(C(C)=O)C2)cn1. The molecule has 3 heterocycles. The lowest BCUT2D eigenvalue weighted by Gasteiger charge is -2.31. The molecule has 5 N–H and O–H groups in total. The van der Waals surface area contributed by atoms with E-state index in [2.05, 4.69) is 20.3 Å². The monoisotopic (exact) mass is 479 g/mol. The van der Waals surface area contributed by atoms with E-state index in [1.807, 2.05) is 0 Å². The number of halogens is 3. The average Bonchev–Trinajstić information content (AvgIpc) is 3.30. The van der Waals surface area contributed by atoms with Gasteiger partial charge in [-0.05, 0) is 18.6 Å². The van der Waals surface area contributed by atoms with Crippen LogP contribution in [-0.2, 0) is 9.53 Å². The number of aliphatic imine (C=N–C) groups is 2. The molecule has 1 fully saturated rings. The molecule has 3 rings (SSSR count). The number of allylic oxidation sites excluding steroid dienone is 2. The summed E-state index contributed by atoms with van der Waals surface area (Å²) in [5.41, 5.74) is 11.9. The smallest absolute Gasteiger partial charge is 0.394 e. The number of pyridine rings is 1. The molecule has 184 valence electrons. The first-order valence-electron chi connectivity index (χ1n) is 10.7. The van der Waals surface area contributed by atoms with Crippen molar-refractivity contribution in [3.63, 3.8) is 0 Å². The van der Waals surface area contributed by atoms with Gasteiger partial charge in [0, 0.05) is 56.6 Å². The summed E-state index contributed by atoms with van der Waals surface area (Å²) in [6.07, 6.45) is -0.938. The van der Waals surface area contributed by atoms with Gasteiger partial charge in [0.15, 0.2) is 0 Å². The number of nitrogens with two attached hydrogens (primary N) is 2. The molecule has 1 amide bonds. The molecule has 9 nitrogen and oxygen atoms in total. The Kier molecular flexibility index (Phi) is 7.92. The lowest BCUT2D eigenvalue weighted by Crippen LogP contribution is -2.43. The van der Waals surface area contributed by atoms with E-state index in [0.717, 1.165) is 18.3 Å². The van der Waals surface area contributed by atoms with Crippen molar-refractivity contribution < 1.29 is 22.7 Å². The Morgan fingerprint density at radius 2 is 2.12 bits per heavy atom. The molecule has 0 spiro atoms. The summed E-state index contributed by atoms with van der Waals surface area (Å²) in [5.74, 6) is 0.126. The van der Waals surface area contributed by atoms with Gasteiger partial charge in [-0.25, -0.2) is 4.99 Å². The molecule has 1 atom stereocenters. The second kappa shape index (κ2) is 10.7. The van der Waals surface area contributed by atoms with E-state index in [0.29, 0.717) is 44.0 Å². The Morgan fingerprint density at radius 1 is 1.35 bits per heavy atom. The largest absolute Gasteiger partial charge is 0.431 e. The zero-order valence-corrected chi connectivity index (χ0v) is 19.0. The highest BCUT2D eigenvalue weighted by Gasteiger charge is 2.34. The summed E-state index contributed by atoms with van der Waals surface area (Å²) in [7, 11) is 1.34. The van der Waals surface area contributed by atoms with Gasteiger partial charge in [-0.1, -0.05) is 0 Å². The van der Waals surface area contributed by atoms with Crippen LogP contribution in [0.3, 0.4) is 0 Å². The maximum Gasteiger partial charge on any atom is 0.431 e. The van der Waals surface area contributed by atoms with Crippen molar-refractivity contribution in [3.8, 4) is 0 Å². The Labute approximate surface area is 195 Å². The van der Waals surface area contributed by atoms with Crippen LogP contribution in [0, 0.1) is 0 Å². The van der Waals surface area contributed by atoms with Gasteiger partial charge in [-0.2, -0.15) is 13.2 Å². The minimum Gasteiger partial charge on any atom is -0.394 e.